The predicted octanol–water partition coefficient (Wildman–Crippen LogP) is 4.73. The number of benzene rings is 3. The number of carbonyl (C=O) groups excluding carboxylic acids is 1. The van der Waals surface area contributed by atoms with Gasteiger partial charge in [0.25, 0.3) is 0 Å². The molecule has 1 amide bonds. The van der Waals surface area contributed by atoms with Crippen LogP contribution in [-0.4, -0.2) is 29.2 Å². The topological polar surface area (TPSA) is 41.9 Å². The Morgan fingerprint density at radius 3 is 2.39 bits per heavy atom. The molecule has 4 rings (SSSR count). The summed E-state index contributed by atoms with van der Waals surface area (Å²) in [7, 11) is 0. The van der Waals surface area contributed by atoms with E-state index in [9.17, 15) is 13.6 Å². The van der Waals surface area contributed by atoms with E-state index in [0.717, 1.165) is 11.1 Å². The minimum Gasteiger partial charge on any atom is -0.390 e. The van der Waals surface area contributed by atoms with Crippen molar-refractivity contribution >= 4 is 11.6 Å². The summed E-state index contributed by atoms with van der Waals surface area (Å²) in [6, 6.07) is 22.0. The van der Waals surface area contributed by atoms with Gasteiger partial charge in [0.2, 0.25) is 5.91 Å². The molecular formula is C25H22F2N2O2. The third-order valence-electron chi connectivity index (χ3n) is 5.18. The van der Waals surface area contributed by atoms with Crippen LogP contribution < -0.4 is 0 Å². The molecule has 0 unspecified atom stereocenters. The highest BCUT2D eigenvalue weighted by Crippen LogP contribution is 2.21. The summed E-state index contributed by atoms with van der Waals surface area (Å²) in [5.74, 6) is -0.750. The Bertz CT molecular complexity index is 1070. The maximum Gasteiger partial charge on any atom is 0.227 e. The molecule has 1 heterocycles. The van der Waals surface area contributed by atoms with Crippen LogP contribution in [0.15, 0.2) is 84.0 Å². The molecule has 4 nitrogen and oxygen atoms in total. The first-order chi connectivity index (χ1) is 15.1. The van der Waals surface area contributed by atoms with Crippen molar-refractivity contribution in [2.75, 3.05) is 6.54 Å². The lowest BCUT2D eigenvalue weighted by molar-refractivity contribution is -0.132. The van der Waals surface area contributed by atoms with Gasteiger partial charge in [-0.05, 0) is 29.3 Å². The van der Waals surface area contributed by atoms with Gasteiger partial charge in [-0.1, -0.05) is 65.8 Å². The van der Waals surface area contributed by atoms with Crippen LogP contribution in [0.2, 0.25) is 0 Å². The predicted molar refractivity (Wildman–Crippen MR) is 114 cm³/mol. The van der Waals surface area contributed by atoms with Crippen LogP contribution in [0, 0.1) is 11.6 Å². The Balaban J connectivity index is 1.47. The Labute approximate surface area is 179 Å². The number of carbonyl (C=O) groups is 1. The van der Waals surface area contributed by atoms with Crippen molar-refractivity contribution in [3.63, 3.8) is 0 Å². The average Bonchev–Trinajstić information content (AvgIpc) is 3.24. The minimum atomic E-state index is -0.380. The molecule has 0 N–H and O–H groups in total. The maximum atomic E-state index is 14.1. The summed E-state index contributed by atoms with van der Waals surface area (Å²) in [4.78, 5) is 20.3. The zero-order chi connectivity index (χ0) is 21.6. The Kier molecular flexibility index (Phi) is 6.36. The Hall–Kier alpha value is -3.54. The number of amides is 1. The molecule has 31 heavy (non-hydrogen) atoms. The fraction of sp³-hybridized carbons (Fsp3) is 0.200. The van der Waals surface area contributed by atoms with Crippen molar-refractivity contribution in [1.82, 2.24) is 4.90 Å². The molecule has 0 fully saturated rings. The third-order valence-corrected chi connectivity index (χ3v) is 5.18. The second kappa shape index (κ2) is 9.51. The second-order valence-corrected chi connectivity index (χ2v) is 7.51. The van der Waals surface area contributed by atoms with Crippen LogP contribution in [0.1, 0.15) is 23.1 Å². The first-order valence-corrected chi connectivity index (χ1v) is 10.1. The number of hydrogen-bond donors (Lipinski definition) is 0. The fourth-order valence-corrected chi connectivity index (χ4v) is 3.57. The SMILES string of the molecule is O=C(Cc1ccccc1)N(Cc1ccc(F)cc1)C[C@H]1CC(c2ccccc2F)=NO1. The van der Waals surface area contributed by atoms with E-state index >= 15 is 0 Å². The van der Waals surface area contributed by atoms with Gasteiger partial charge < -0.3 is 9.74 Å². The molecule has 3 aromatic rings. The van der Waals surface area contributed by atoms with Crippen molar-refractivity contribution < 1.29 is 18.4 Å². The monoisotopic (exact) mass is 420 g/mol. The zero-order valence-corrected chi connectivity index (χ0v) is 16.9. The molecule has 0 aliphatic carbocycles. The van der Waals surface area contributed by atoms with Gasteiger partial charge in [0.15, 0.2) is 6.10 Å². The molecule has 0 saturated heterocycles. The highest BCUT2D eigenvalue weighted by molar-refractivity contribution is 6.01. The van der Waals surface area contributed by atoms with Crippen molar-refractivity contribution in [3.8, 4) is 0 Å². The van der Waals surface area contributed by atoms with Gasteiger partial charge in [-0.25, -0.2) is 8.78 Å². The van der Waals surface area contributed by atoms with Gasteiger partial charge in [0.05, 0.1) is 18.7 Å². The van der Waals surface area contributed by atoms with E-state index in [1.165, 1.54) is 18.2 Å². The van der Waals surface area contributed by atoms with Crippen molar-refractivity contribution in [2.24, 2.45) is 5.16 Å². The van der Waals surface area contributed by atoms with E-state index in [0.29, 0.717) is 30.8 Å². The van der Waals surface area contributed by atoms with Gasteiger partial charge in [-0.2, -0.15) is 0 Å². The van der Waals surface area contributed by atoms with Gasteiger partial charge in [-0.3, -0.25) is 4.79 Å². The van der Waals surface area contributed by atoms with Gasteiger partial charge in [0.1, 0.15) is 11.6 Å². The Morgan fingerprint density at radius 2 is 1.65 bits per heavy atom. The van der Waals surface area contributed by atoms with E-state index in [4.69, 9.17) is 4.84 Å². The standard InChI is InChI=1S/C25H22F2N2O2/c26-20-12-10-19(11-13-20)16-29(25(30)14-18-6-2-1-3-7-18)17-21-15-24(28-31-21)22-8-4-5-9-23(22)27/h1-13,21H,14-17H2/t21-/m1/s1. The fourth-order valence-electron chi connectivity index (χ4n) is 3.57. The summed E-state index contributed by atoms with van der Waals surface area (Å²) in [6.45, 7) is 0.616. The highest BCUT2D eigenvalue weighted by atomic mass is 19.1. The number of rotatable bonds is 7. The van der Waals surface area contributed by atoms with Crippen LogP contribution >= 0.6 is 0 Å². The van der Waals surface area contributed by atoms with E-state index in [1.54, 1.807) is 35.2 Å². The molecule has 6 heteroatoms. The number of hydrogen-bond acceptors (Lipinski definition) is 3. The second-order valence-electron chi connectivity index (χ2n) is 7.51. The van der Waals surface area contributed by atoms with Crippen LogP contribution in [0.3, 0.4) is 0 Å². The van der Waals surface area contributed by atoms with Gasteiger partial charge in [-0.15, -0.1) is 0 Å². The molecule has 3 aromatic carbocycles. The first kappa shape index (κ1) is 20.7. The average molecular weight is 420 g/mol. The van der Waals surface area contributed by atoms with Crippen molar-refractivity contribution in [1.29, 1.82) is 0 Å². The number of nitrogens with zero attached hydrogens (tertiary/aromatic N) is 2. The van der Waals surface area contributed by atoms with Crippen LogP contribution in [0.25, 0.3) is 0 Å². The van der Waals surface area contributed by atoms with Gasteiger partial charge >= 0.3 is 0 Å². The summed E-state index contributed by atoms with van der Waals surface area (Å²) in [5, 5.41) is 4.05. The molecule has 1 atom stereocenters. The molecule has 1 aliphatic rings. The third kappa shape index (κ3) is 5.34. The quantitative estimate of drug-likeness (QED) is 0.555. The molecule has 0 radical (unpaired) electrons. The minimum absolute atomic E-state index is 0.0709. The molecule has 0 saturated carbocycles. The Morgan fingerprint density at radius 1 is 0.935 bits per heavy atom. The lowest BCUT2D eigenvalue weighted by atomic mass is 10.0. The van der Waals surface area contributed by atoms with E-state index in [1.807, 2.05) is 30.3 Å². The highest BCUT2D eigenvalue weighted by Gasteiger charge is 2.28. The van der Waals surface area contributed by atoms with Crippen LogP contribution in [-0.2, 0) is 22.6 Å². The van der Waals surface area contributed by atoms with E-state index in [-0.39, 0.29) is 30.1 Å². The lowest BCUT2D eigenvalue weighted by Gasteiger charge is -2.25. The summed E-state index contributed by atoms with van der Waals surface area (Å²) in [6.07, 6.45) is 0.268. The number of oxime groups is 1. The van der Waals surface area contributed by atoms with E-state index < -0.39 is 0 Å². The summed E-state index contributed by atoms with van der Waals surface area (Å²) in [5.41, 5.74) is 2.66. The molecule has 0 aromatic heterocycles. The molecule has 158 valence electrons. The van der Waals surface area contributed by atoms with E-state index in [2.05, 4.69) is 5.16 Å². The molecule has 1 aliphatic heterocycles. The van der Waals surface area contributed by atoms with Crippen molar-refractivity contribution in [3.05, 3.63) is 107 Å². The maximum absolute atomic E-state index is 14.1. The lowest BCUT2D eigenvalue weighted by Crippen LogP contribution is -2.38. The van der Waals surface area contributed by atoms with Crippen LogP contribution in [0.5, 0.6) is 0 Å². The molecule has 0 bridgehead atoms. The number of halogens is 2. The first-order valence-electron chi connectivity index (χ1n) is 10.1. The largest absolute Gasteiger partial charge is 0.390 e. The summed E-state index contributed by atoms with van der Waals surface area (Å²) >= 11 is 0. The molecular weight excluding hydrogens is 398 g/mol. The molecule has 0 spiro atoms. The van der Waals surface area contributed by atoms with Gasteiger partial charge in [0, 0.05) is 18.5 Å². The summed E-state index contributed by atoms with van der Waals surface area (Å²) < 4.78 is 27.4. The zero-order valence-electron chi connectivity index (χ0n) is 16.9. The van der Waals surface area contributed by atoms with Crippen LogP contribution in [0.4, 0.5) is 8.78 Å². The normalized spacial score (nSPS) is 15.3. The van der Waals surface area contributed by atoms with Crippen molar-refractivity contribution in [2.45, 2.75) is 25.5 Å². The smallest absolute Gasteiger partial charge is 0.227 e.